The van der Waals surface area contributed by atoms with Crippen LogP contribution in [0.5, 0.6) is 0 Å². The van der Waals surface area contributed by atoms with Crippen molar-refractivity contribution in [3.8, 4) is 0 Å². The Labute approximate surface area is 198 Å². The van der Waals surface area contributed by atoms with Crippen LogP contribution >= 0.6 is 12.4 Å². The monoisotopic (exact) mass is 466 g/mol. The Kier molecular flexibility index (Phi) is 6.68. The lowest BCUT2D eigenvalue weighted by atomic mass is 9.43. The number of carbonyl (C=O) groups is 2. The fourth-order valence-electron chi connectivity index (χ4n) is 8.19. The second-order valence-corrected chi connectivity index (χ2v) is 11.4. The summed E-state index contributed by atoms with van der Waals surface area (Å²) in [5.74, 6) is 1.77. The lowest BCUT2D eigenvalue weighted by Gasteiger charge is -2.61. The first-order valence-electron chi connectivity index (χ1n) is 12.4. The quantitative estimate of drug-likeness (QED) is 0.499. The van der Waals surface area contributed by atoms with E-state index in [2.05, 4.69) is 24.3 Å². The third kappa shape index (κ3) is 3.70. The van der Waals surface area contributed by atoms with Crippen molar-refractivity contribution in [2.24, 2.45) is 45.6 Å². The van der Waals surface area contributed by atoms with E-state index in [1.54, 1.807) is 0 Å². The zero-order chi connectivity index (χ0) is 21.8. The number of fused-ring (bicyclic) bond motifs is 5. The Balaban J connectivity index is 0.00000245. The second-order valence-electron chi connectivity index (χ2n) is 11.4. The van der Waals surface area contributed by atoms with Crippen LogP contribution in [0.4, 0.5) is 0 Å². The van der Waals surface area contributed by atoms with Crippen LogP contribution in [0.1, 0.15) is 71.6 Å². The van der Waals surface area contributed by atoms with E-state index in [1.807, 2.05) is 0 Å². The van der Waals surface area contributed by atoms with Crippen LogP contribution < -0.4 is 5.32 Å². The molecule has 7 heteroatoms. The fraction of sp³-hybridized carbons (Fsp3) is 0.880. The number of hydrogen-bond donors (Lipinski definition) is 1. The van der Waals surface area contributed by atoms with E-state index in [0.717, 1.165) is 70.2 Å². The molecule has 5 fully saturated rings. The second kappa shape index (κ2) is 8.90. The zero-order valence-electron chi connectivity index (χ0n) is 19.7. The van der Waals surface area contributed by atoms with Crippen LogP contribution in [-0.4, -0.2) is 43.8 Å². The topological polar surface area (TPSA) is 77.0 Å². The number of carbonyl (C=O) groups excluding carboxylic acids is 2. The Bertz CT molecular complexity index is 782. The third-order valence-electron chi connectivity index (χ3n) is 10.1. The first-order chi connectivity index (χ1) is 14.9. The van der Waals surface area contributed by atoms with E-state index in [-0.39, 0.29) is 47.1 Å². The van der Waals surface area contributed by atoms with Gasteiger partial charge in [-0.25, -0.2) is 0 Å². The van der Waals surface area contributed by atoms with Crippen LogP contribution in [0.25, 0.3) is 0 Å². The highest BCUT2D eigenvalue weighted by molar-refractivity contribution is 5.88. The molecule has 180 valence electrons. The lowest BCUT2D eigenvalue weighted by Crippen LogP contribution is -2.58. The average molecular weight is 467 g/mol. The Morgan fingerprint density at radius 1 is 1.12 bits per heavy atom. The summed E-state index contributed by atoms with van der Waals surface area (Å²) in [6.45, 7) is 6.52. The van der Waals surface area contributed by atoms with Gasteiger partial charge in [0.05, 0.1) is 18.7 Å². The zero-order valence-corrected chi connectivity index (χ0v) is 20.5. The molecule has 0 aromatic rings. The molecule has 8 atom stereocenters. The molecule has 5 rings (SSSR count). The summed E-state index contributed by atoms with van der Waals surface area (Å²) in [6.07, 6.45) is 8.75. The first kappa shape index (κ1) is 24.0. The molecule has 1 unspecified atom stereocenters. The summed E-state index contributed by atoms with van der Waals surface area (Å²) in [5.41, 5.74) is 1.13. The van der Waals surface area contributed by atoms with Gasteiger partial charge in [-0.3, -0.25) is 9.59 Å². The van der Waals surface area contributed by atoms with Crippen LogP contribution in [0, 0.1) is 40.4 Å². The molecule has 4 aliphatic carbocycles. The van der Waals surface area contributed by atoms with Crippen molar-refractivity contribution in [3.05, 3.63) is 0 Å². The van der Waals surface area contributed by atoms with Crippen molar-refractivity contribution >= 4 is 29.9 Å². The largest absolute Gasteiger partial charge is 0.469 e. The number of halogens is 1. The highest BCUT2D eigenvalue weighted by Crippen LogP contribution is 2.66. The van der Waals surface area contributed by atoms with E-state index in [0.29, 0.717) is 30.0 Å². The number of nitrogens with zero attached hydrogens (tertiary/aromatic N) is 1. The number of methoxy groups -OCH3 is 1. The van der Waals surface area contributed by atoms with E-state index in [4.69, 9.17) is 9.57 Å². The number of rotatable bonds is 3. The van der Waals surface area contributed by atoms with E-state index >= 15 is 0 Å². The molecular formula is C25H39ClN2O4. The predicted molar refractivity (Wildman–Crippen MR) is 125 cm³/mol. The summed E-state index contributed by atoms with van der Waals surface area (Å²) >= 11 is 0. The molecule has 5 aliphatic rings. The molecule has 6 nitrogen and oxygen atoms in total. The Morgan fingerprint density at radius 3 is 2.66 bits per heavy atom. The highest BCUT2D eigenvalue weighted by Gasteiger charge is 2.63. The van der Waals surface area contributed by atoms with Crippen LogP contribution in [0.15, 0.2) is 5.16 Å². The van der Waals surface area contributed by atoms with Gasteiger partial charge >= 0.3 is 5.97 Å². The van der Waals surface area contributed by atoms with Crippen molar-refractivity contribution in [1.29, 1.82) is 0 Å². The summed E-state index contributed by atoms with van der Waals surface area (Å²) in [7, 11) is 1.52. The van der Waals surface area contributed by atoms with E-state index < -0.39 is 0 Å². The standard InChI is InChI=1S/C25H38N2O4.ClH/c1-24-9-6-16(27-31-17-8-11-26-14-17)12-15(24)13-18(23(29)30-3)22-19-4-5-21(28)25(19,2)10-7-20(22)24;/h15,17-20,22,26H,4-14H2,1-3H3;1H/t15?,17-,18-,19+,20+,22+,24+,25+;/m1./s1. The smallest absolute Gasteiger partial charge is 0.308 e. The van der Waals surface area contributed by atoms with Gasteiger partial charge in [0.25, 0.3) is 0 Å². The predicted octanol–water partition coefficient (Wildman–Crippen LogP) is 4.15. The molecule has 0 amide bonds. The number of hydrogen-bond acceptors (Lipinski definition) is 6. The van der Waals surface area contributed by atoms with Gasteiger partial charge < -0.3 is 14.9 Å². The third-order valence-corrected chi connectivity index (χ3v) is 10.1. The fourth-order valence-corrected chi connectivity index (χ4v) is 8.19. The molecule has 0 aromatic carbocycles. The minimum absolute atomic E-state index is 0. The molecular weight excluding hydrogens is 428 g/mol. The van der Waals surface area contributed by atoms with Crippen LogP contribution in [0.2, 0.25) is 0 Å². The summed E-state index contributed by atoms with van der Waals surface area (Å²) in [5, 5.41) is 7.89. The average Bonchev–Trinajstić information content (AvgIpc) is 3.39. The molecule has 1 saturated heterocycles. The molecule has 0 bridgehead atoms. The maximum atomic E-state index is 13.0. The van der Waals surface area contributed by atoms with Gasteiger partial charge in [-0.1, -0.05) is 19.0 Å². The maximum absolute atomic E-state index is 13.0. The van der Waals surface area contributed by atoms with Gasteiger partial charge in [0.15, 0.2) is 0 Å². The minimum Gasteiger partial charge on any atom is -0.469 e. The van der Waals surface area contributed by atoms with E-state index in [9.17, 15) is 9.59 Å². The minimum atomic E-state index is -0.235. The molecule has 0 radical (unpaired) electrons. The van der Waals surface area contributed by atoms with Crippen molar-refractivity contribution in [3.63, 3.8) is 0 Å². The van der Waals surface area contributed by atoms with Crippen molar-refractivity contribution in [2.45, 2.75) is 77.7 Å². The number of ether oxygens (including phenoxy) is 1. The number of Topliss-reactive ketones (excluding diaryl/α,β-unsaturated/α-hetero) is 1. The molecule has 4 saturated carbocycles. The van der Waals surface area contributed by atoms with Crippen molar-refractivity contribution in [2.75, 3.05) is 20.2 Å². The van der Waals surface area contributed by atoms with Crippen LogP contribution in [0.3, 0.4) is 0 Å². The Morgan fingerprint density at radius 2 is 1.94 bits per heavy atom. The number of oxime groups is 1. The van der Waals surface area contributed by atoms with E-state index in [1.165, 1.54) is 7.11 Å². The SMILES string of the molecule is COC(=O)[C@@H]1CC2CC(=NO[C@@H]3CCNC3)CC[C@]2(C)[C@H]2CC[C@]3(C)C(=O)CC[C@H]3[C@H]12.Cl. The molecule has 32 heavy (non-hydrogen) atoms. The number of ketones is 1. The normalized spacial score (nSPS) is 46.6. The van der Waals surface area contributed by atoms with Gasteiger partial charge in [0.2, 0.25) is 0 Å². The lowest BCUT2D eigenvalue weighted by molar-refractivity contribution is -0.171. The Hall–Kier alpha value is -1.14. The molecule has 1 N–H and O–H groups in total. The summed E-state index contributed by atoms with van der Waals surface area (Å²) < 4.78 is 5.32. The van der Waals surface area contributed by atoms with Gasteiger partial charge in [0, 0.05) is 24.8 Å². The summed E-state index contributed by atoms with van der Waals surface area (Å²) in [4.78, 5) is 31.6. The first-order valence-corrected chi connectivity index (χ1v) is 12.4. The number of nitrogens with one attached hydrogen (secondary N) is 1. The molecule has 1 heterocycles. The molecule has 1 aliphatic heterocycles. The maximum Gasteiger partial charge on any atom is 0.308 e. The number of esters is 1. The molecule has 0 spiro atoms. The highest BCUT2D eigenvalue weighted by atomic mass is 35.5. The van der Waals surface area contributed by atoms with Gasteiger partial charge in [-0.15, -0.1) is 12.4 Å². The van der Waals surface area contributed by atoms with Gasteiger partial charge in [-0.2, -0.15) is 0 Å². The van der Waals surface area contributed by atoms with Gasteiger partial charge in [-0.05, 0) is 80.6 Å². The summed E-state index contributed by atoms with van der Waals surface area (Å²) in [6, 6.07) is 0. The van der Waals surface area contributed by atoms with Crippen molar-refractivity contribution < 1.29 is 19.2 Å². The van der Waals surface area contributed by atoms with Crippen molar-refractivity contribution in [1.82, 2.24) is 5.32 Å². The van der Waals surface area contributed by atoms with Crippen LogP contribution in [-0.2, 0) is 19.2 Å². The molecule has 0 aromatic heterocycles. The van der Waals surface area contributed by atoms with Gasteiger partial charge in [0.1, 0.15) is 11.9 Å².